The summed E-state index contributed by atoms with van der Waals surface area (Å²) in [7, 11) is 0. The van der Waals surface area contributed by atoms with Gasteiger partial charge < -0.3 is 25.8 Å². The predicted molar refractivity (Wildman–Crippen MR) is 70.2 cm³/mol. The first-order valence-corrected chi connectivity index (χ1v) is 6.52. The molecule has 20 heavy (non-hydrogen) atoms. The fraction of sp³-hybridized carbons (Fsp3) is 0.500. The van der Waals surface area contributed by atoms with Crippen molar-refractivity contribution in [3.63, 3.8) is 0 Å². The molecule has 1 aliphatic heterocycles. The molecule has 10 heteroatoms. The summed E-state index contributed by atoms with van der Waals surface area (Å²) in [6, 6.07) is 0. The molecule has 3 heterocycles. The first kappa shape index (κ1) is 13.6. The van der Waals surface area contributed by atoms with Crippen molar-refractivity contribution < 1.29 is 20.1 Å². The third-order valence-electron chi connectivity index (χ3n) is 3.24. The van der Waals surface area contributed by atoms with Crippen molar-refractivity contribution in [2.24, 2.45) is 0 Å². The molecule has 0 saturated carbocycles. The molecule has 108 valence electrons. The van der Waals surface area contributed by atoms with Crippen LogP contribution in [-0.4, -0.2) is 52.8 Å². The standard InChI is InChI=1S/C10H12BrN5O4/c1-10(19)5(18)4(17)8(20-10)16-7-3(15-9(16)11)6(12)13-2-14-7/h2,4-5,8,17-19H,1H3,(H2,12,13,14). The number of aromatic nitrogens is 4. The van der Waals surface area contributed by atoms with Crippen LogP contribution in [0.15, 0.2) is 11.1 Å². The van der Waals surface area contributed by atoms with Crippen molar-refractivity contribution in [1.82, 2.24) is 19.5 Å². The summed E-state index contributed by atoms with van der Waals surface area (Å²) in [6.07, 6.45) is -2.63. The maximum atomic E-state index is 10.0. The highest BCUT2D eigenvalue weighted by Gasteiger charge is 2.52. The van der Waals surface area contributed by atoms with Gasteiger partial charge in [-0.1, -0.05) is 0 Å². The van der Waals surface area contributed by atoms with Crippen LogP contribution in [0.1, 0.15) is 13.2 Å². The Bertz CT molecular complexity index is 675. The first-order valence-electron chi connectivity index (χ1n) is 5.73. The van der Waals surface area contributed by atoms with E-state index in [0.717, 1.165) is 0 Å². The van der Waals surface area contributed by atoms with E-state index in [1.165, 1.54) is 17.8 Å². The van der Waals surface area contributed by atoms with Gasteiger partial charge in [-0.15, -0.1) is 0 Å². The maximum absolute atomic E-state index is 10.0. The lowest BCUT2D eigenvalue weighted by Crippen LogP contribution is -2.40. The largest absolute Gasteiger partial charge is 0.385 e. The molecule has 5 N–H and O–H groups in total. The Morgan fingerprint density at radius 3 is 2.75 bits per heavy atom. The summed E-state index contributed by atoms with van der Waals surface area (Å²) in [5.41, 5.74) is 6.35. The summed E-state index contributed by atoms with van der Waals surface area (Å²) in [6.45, 7) is 1.26. The van der Waals surface area contributed by atoms with E-state index in [2.05, 4.69) is 30.9 Å². The van der Waals surface area contributed by atoms with Gasteiger partial charge in [0.1, 0.15) is 18.5 Å². The molecule has 1 saturated heterocycles. The third kappa shape index (κ3) is 1.80. The van der Waals surface area contributed by atoms with Gasteiger partial charge in [0.05, 0.1) is 0 Å². The van der Waals surface area contributed by atoms with Crippen molar-refractivity contribution in [2.45, 2.75) is 31.1 Å². The quantitative estimate of drug-likeness (QED) is 0.489. The number of nitrogen functional groups attached to an aromatic ring is 1. The van der Waals surface area contributed by atoms with Gasteiger partial charge in [0, 0.05) is 0 Å². The number of halogens is 1. The third-order valence-corrected chi connectivity index (χ3v) is 3.80. The lowest BCUT2D eigenvalue weighted by Gasteiger charge is -2.20. The number of rotatable bonds is 1. The molecule has 1 fully saturated rings. The van der Waals surface area contributed by atoms with E-state index >= 15 is 0 Å². The van der Waals surface area contributed by atoms with Crippen LogP contribution in [-0.2, 0) is 4.74 Å². The van der Waals surface area contributed by atoms with E-state index < -0.39 is 24.2 Å². The molecule has 0 aliphatic carbocycles. The molecule has 2 aromatic rings. The summed E-state index contributed by atoms with van der Waals surface area (Å²) in [4.78, 5) is 12.0. The molecule has 4 atom stereocenters. The van der Waals surface area contributed by atoms with Gasteiger partial charge in [-0.05, 0) is 22.9 Å². The van der Waals surface area contributed by atoms with Crippen LogP contribution >= 0.6 is 15.9 Å². The number of aliphatic hydroxyl groups is 3. The molecule has 1 aliphatic rings. The molecule has 4 unspecified atom stereocenters. The number of hydrogen-bond acceptors (Lipinski definition) is 8. The van der Waals surface area contributed by atoms with Crippen molar-refractivity contribution >= 4 is 32.9 Å². The minimum Gasteiger partial charge on any atom is -0.385 e. The maximum Gasteiger partial charge on any atom is 0.194 e. The zero-order valence-electron chi connectivity index (χ0n) is 10.3. The summed E-state index contributed by atoms with van der Waals surface area (Å²) in [5.74, 6) is -1.70. The van der Waals surface area contributed by atoms with Crippen molar-refractivity contribution in [3.8, 4) is 0 Å². The topological polar surface area (TPSA) is 140 Å². The Kier molecular flexibility index (Phi) is 2.95. The minimum atomic E-state index is -1.88. The van der Waals surface area contributed by atoms with Crippen molar-refractivity contribution in [1.29, 1.82) is 0 Å². The van der Waals surface area contributed by atoms with E-state index in [4.69, 9.17) is 10.5 Å². The van der Waals surface area contributed by atoms with Gasteiger partial charge in [-0.25, -0.2) is 15.0 Å². The molecular formula is C10H12BrN5O4. The number of ether oxygens (including phenoxy) is 1. The average molecular weight is 346 g/mol. The number of imidazole rings is 1. The summed E-state index contributed by atoms with van der Waals surface area (Å²) in [5, 5.41) is 29.7. The van der Waals surface area contributed by atoms with Crippen LogP contribution in [0.5, 0.6) is 0 Å². The van der Waals surface area contributed by atoms with Gasteiger partial charge in [0.15, 0.2) is 33.7 Å². The minimum absolute atomic E-state index is 0.175. The summed E-state index contributed by atoms with van der Waals surface area (Å²) < 4.78 is 6.97. The fourth-order valence-electron chi connectivity index (χ4n) is 2.19. The highest BCUT2D eigenvalue weighted by molar-refractivity contribution is 9.10. The van der Waals surface area contributed by atoms with Crippen LogP contribution in [0, 0.1) is 0 Å². The molecule has 0 aromatic carbocycles. The second kappa shape index (κ2) is 4.33. The van der Waals surface area contributed by atoms with Gasteiger partial charge in [-0.3, -0.25) is 4.57 Å². The Morgan fingerprint density at radius 2 is 2.15 bits per heavy atom. The lowest BCUT2D eigenvalue weighted by molar-refractivity contribution is -0.224. The second-order valence-corrected chi connectivity index (χ2v) is 5.39. The van der Waals surface area contributed by atoms with Gasteiger partial charge in [-0.2, -0.15) is 0 Å². The van der Waals surface area contributed by atoms with E-state index in [1.54, 1.807) is 0 Å². The molecule has 0 radical (unpaired) electrons. The van der Waals surface area contributed by atoms with Gasteiger partial charge in [0.25, 0.3) is 0 Å². The summed E-state index contributed by atoms with van der Waals surface area (Å²) >= 11 is 3.21. The number of anilines is 1. The molecule has 2 aromatic heterocycles. The zero-order chi connectivity index (χ0) is 14.7. The highest BCUT2D eigenvalue weighted by atomic mass is 79.9. The van der Waals surface area contributed by atoms with Gasteiger partial charge in [0.2, 0.25) is 0 Å². The zero-order valence-corrected chi connectivity index (χ0v) is 11.9. The Balaban J connectivity index is 2.16. The molecule has 9 nitrogen and oxygen atoms in total. The smallest absolute Gasteiger partial charge is 0.194 e. The average Bonchev–Trinajstić information content (AvgIpc) is 2.80. The van der Waals surface area contributed by atoms with Gasteiger partial charge >= 0.3 is 0 Å². The van der Waals surface area contributed by atoms with Crippen LogP contribution in [0.2, 0.25) is 0 Å². The van der Waals surface area contributed by atoms with Crippen LogP contribution in [0.3, 0.4) is 0 Å². The molecular weight excluding hydrogens is 334 g/mol. The lowest BCUT2D eigenvalue weighted by atomic mass is 10.1. The normalized spacial score (nSPS) is 34.0. The van der Waals surface area contributed by atoms with Crippen molar-refractivity contribution in [3.05, 3.63) is 11.1 Å². The number of hydrogen-bond donors (Lipinski definition) is 4. The number of aliphatic hydroxyl groups excluding tert-OH is 2. The van der Waals surface area contributed by atoms with E-state index in [9.17, 15) is 15.3 Å². The monoisotopic (exact) mass is 345 g/mol. The highest BCUT2D eigenvalue weighted by Crippen LogP contribution is 2.38. The molecule has 0 amide bonds. The van der Waals surface area contributed by atoms with Crippen LogP contribution in [0.4, 0.5) is 5.82 Å². The Morgan fingerprint density at radius 1 is 1.45 bits per heavy atom. The number of nitrogens with zero attached hydrogens (tertiary/aromatic N) is 4. The van der Waals surface area contributed by atoms with E-state index in [-0.39, 0.29) is 10.6 Å². The molecule has 0 spiro atoms. The number of nitrogens with two attached hydrogens (primary N) is 1. The number of fused-ring (bicyclic) bond motifs is 1. The van der Waals surface area contributed by atoms with Crippen LogP contribution < -0.4 is 5.73 Å². The first-order chi connectivity index (χ1) is 9.33. The SMILES string of the molecule is CC1(O)OC(n2c(Br)nc3c(N)ncnc32)C(O)C1O. The predicted octanol–water partition coefficient (Wildman–Crippen LogP) is -0.870. The Labute approximate surface area is 121 Å². The Hall–Kier alpha value is -1.33. The van der Waals surface area contributed by atoms with Crippen LogP contribution in [0.25, 0.3) is 11.2 Å². The van der Waals surface area contributed by atoms with Crippen molar-refractivity contribution in [2.75, 3.05) is 5.73 Å². The second-order valence-electron chi connectivity index (χ2n) is 4.68. The van der Waals surface area contributed by atoms with E-state index in [0.29, 0.717) is 11.2 Å². The molecule has 3 rings (SSSR count). The van der Waals surface area contributed by atoms with E-state index in [1.807, 2.05) is 0 Å². The fourth-order valence-corrected chi connectivity index (χ4v) is 2.73. The molecule has 0 bridgehead atoms.